The third-order valence-corrected chi connectivity index (χ3v) is 4.96. The van der Waals surface area contributed by atoms with Crippen molar-refractivity contribution >= 4 is 23.4 Å². The number of aryl methyl sites for hydroxylation is 1. The molecule has 2 amide bonds. The van der Waals surface area contributed by atoms with Gasteiger partial charge in [-0.05, 0) is 30.5 Å². The number of amides is 2. The zero-order valence-electron chi connectivity index (χ0n) is 13.6. The smallest absolute Gasteiger partial charge is 0.261 e. The van der Waals surface area contributed by atoms with E-state index in [1.54, 1.807) is 0 Å². The second-order valence-corrected chi connectivity index (χ2v) is 6.42. The molecule has 0 spiro atoms. The summed E-state index contributed by atoms with van der Waals surface area (Å²) in [6.07, 6.45) is 1.04. The Morgan fingerprint density at radius 2 is 1.32 bits per heavy atom. The Morgan fingerprint density at radius 3 is 1.84 bits per heavy atom. The van der Waals surface area contributed by atoms with Crippen molar-refractivity contribution in [2.24, 2.45) is 5.92 Å². The Bertz CT molecular complexity index is 891. The summed E-state index contributed by atoms with van der Waals surface area (Å²) in [5, 5.41) is 0. The van der Waals surface area contributed by atoms with Crippen LogP contribution in [0.15, 0.2) is 42.5 Å². The molecule has 0 N–H and O–H groups in total. The van der Waals surface area contributed by atoms with Crippen molar-refractivity contribution in [2.75, 3.05) is 7.05 Å². The summed E-state index contributed by atoms with van der Waals surface area (Å²) in [6, 6.07) is 12.5. The number of Topliss-reactive ketones (excluding diaryl/α,β-unsaturated/α-hetero) is 2. The monoisotopic (exact) mass is 333 g/mol. The zero-order valence-corrected chi connectivity index (χ0v) is 13.6. The molecule has 0 aromatic heterocycles. The van der Waals surface area contributed by atoms with E-state index in [0.717, 1.165) is 10.5 Å². The number of imide groups is 1. The van der Waals surface area contributed by atoms with Crippen molar-refractivity contribution in [1.29, 1.82) is 0 Å². The van der Waals surface area contributed by atoms with E-state index in [1.165, 1.54) is 19.2 Å². The summed E-state index contributed by atoms with van der Waals surface area (Å²) in [5.41, 5.74) is 2.00. The third-order valence-electron chi connectivity index (χ3n) is 4.96. The van der Waals surface area contributed by atoms with E-state index in [0.29, 0.717) is 12.8 Å². The molecular formula is C20H15NO4. The van der Waals surface area contributed by atoms with Gasteiger partial charge in [0.1, 0.15) is 0 Å². The highest BCUT2D eigenvalue weighted by Gasteiger charge is 2.42. The minimum atomic E-state index is -0.735. The Kier molecular flexibility index (Phi) is 3.39. The topological polar surface area (TPSA) is 71.5 Å². The van der Waals surface area contributed by atoms with Gasteiger partial charge in [0, 0.05) is 18.2 Å². The van der Waals surface area contributed by atoms with E-state index < -0.39 is 17.7 Å². The molecule has 124 valence electrons. The molecule has 0 radical (unpaired) electrons. The van der Waals surface area contributed by atoms with Crippen molar-refractivity contribution in [1.82, 2.24) is 4.90 Å². The highest BCUT2D eigenvalue weighted by molar-refractivity contribution is 6.29. The first-order chi connectivity index (χ1) is 12.0. The SMILES string of the molecule is CN1C(=O)c2cc3c(cc2C1=O)C(=O)C(CCc1ccccc1)C3=O. The summed E-state index contributed by atoms with van der Waals surface area (Å²) < 4.78 is 0. The fourth-order valence-electron chi connectivity index (χ4n) is 3.53. The maximum atomic E-state index is 12.7. The average molecular weight is 333 g/mol. The van der Waals surface area contributed by atoms with Crippen LogP contribution in [0, 0.1) is 5.92 Å². The lowest BCUT2D eigenvalue weighted by atomic mass is 9.95. The molecule has 0 unspecified atom stereocenters. The predicted octanol–water partition coefficient (Wildman–Crippen LogP) is 2.54. The quantitative estimate of drug-likeness (QED) is 0.639. The highest BCUT2D eigenvalue weighted by atomic mass is 16.2. The molecule has 0 bridgehead atoms. The molecular weight excluding hydrogens is 318 g/mol. The second kappa shape index (κ2) is 5.48. The summed E-state index contributed by atoms with van der Waals surface area (Å²) >= 11 is 0. The molecule has 4 rings (SSSR count). The molecule has 2 aliphatic rings. The van der Waals surface area contributed by atoms with Gasteiger partial charge in [0.25, 0.3) is 11.8 Å². The van der Waals surface area contributed by atoms with Crippen LogP contribution >= 0.6 is 0 Å². The Balaban J connectivity index is 1.65. The van der Waals surface area contributed by atoms with Gasteiger partial charge < -0.3 is 0 Å². The van der Waals surface area contributed by atoms with Crippen molar-refractivity contribution in [3.05, 3.63) is 70.3 Å². The fourth-order valence-corrected chi connectivity index (χ4v) is 3.53. The standard InChI is InChI=1S/C20H15NO4/c1-21-19(24)15-9-13-14(10-16(15)20(21)25)18(23)12(17(13)22)8-7-11-5-3-2-4-6-11/h2-6,9-10,12H,7-8H2,1H3. The number of nitrogens with zero attached hydrogens (tertiary/aromatic N) is 1. The van der Waals surface area contributed by atoms with Crippen LogP contribution in [0.3, 0.4) is 0 Å². The molecule has 0 saturated heterocycles. The molecule has 2 aromatic carbocycles. The van der Waals surface area contributed by atoms with E-state index in [1.807, 2.05) is 30.3 Å². The second-order valence-electron chi connectivity index (χ2n) is 6.42. The predicted molar refractivity (Wildman–Crippen MR) is 89.8 cm³/mol. The molecule has 0 atom stereocenters. The normalized spacial score (nSPS) is 16.6. The molecule has 1 heterocycles. The van der Waals surface area contributed by atoms with Crippen molar-refractivity contribution in [3.8, 4) is 0 Å². The van der Waals surface area contributed by atoms with Gasteiger partial charge in [0.05, 0.1) is 17.0 Å². The highest BCUT2D eigenvalue weighted by Crippen LogP contribution is 2.34. The summed E-state index contributed by atoms with van der Waals surface area (Å²) in [6.45, 7) is 0. The molecule has 0 saturated carbocycles. The number of ketones is 2. The number of carbonyl (C=O) groups is 4. The Hall–Kier alpha value is -3.08. The van der Waals surface area contributed by atoms with Crippen LogP contribution in [-0.4, -0.2) is 35.3 Å². The van der Waals surface area contributed by atoms with Crippen LogP contribution in [-0.2, 0) is 6.42 Å². The van der Waals surface area contributed by atoms with E-state index in [2.05, 4.69) is 0 Å². The molecule has 2 aromatic rings. The van der Waals surface area contributed by atoms with Crippen LogP contribution in [0.25, 0.3) is 0 Å². The Morgan fingerprint density at radius 1 is 0.800 bits per heavy atom. The third kappa shape index (κ3) is 2.23. The van der Waals surface area contributed by atoms with Gasteiger partial charge in [-0.1, -0.05) is 30.3 Å². The maximum absolute atomic E-state index is 12.7. The van der Waals surface area contributed by atoms with Crippen molar-refractivity contribution < 1.29 is 19.2 Å². The molecule has 0 fully saturated rings. The minimum Gasteiger partial charge on any atom is -0.293 e. The van der Waals surface area contributed by atoms with Gasteiger partial charge >= 0.3 is 0 Å². The largest absolute Gasteiger partial charge is 0.293 e. The summed E-state index contributed by atoms with van der Waals surface area (Å²) in [7, 11) is 1.39. The number of rotatable bonds is 3. The number of hydrogen-bond acceptors (Lipinski definition) is 4. The Labute approximate surface area is 144 Å². The molecule has 5 nitrogen and oxygen atoms in total. The van der Waals surface area contributed by atoms with Gasteiger partial charge in [0.2, 0.25) is 0 Å². The van der Waals surface area contributed by atoms with Gasteiger partial charge in [-0.2, -0.15) is 0 Å². The van der Waals surface area contributed by atoms with Crippen molar-refractivity contribution in [3.63, 3.8) is 0 Å². The number of benzene rings is 2. The summed E-state index contributed by atoms with van der Waals surface area (Å²) in [5.74, 6) is -2.12. The first kappa shape index (κ1) is 15.4. The molecule has 1 aliphatic heterocycles. The first-order valence-electron chi connectivity index (χ1n) is 8.12. The van der Waals surface area contributed by atoms with Gasteiger partial charge in [-0.15, -0.1) is 0 Å². The summed E-state index contributed by atoms with van der Waals surface area (Å²) in [4.78, 5) is 50.5. The number of hydrogen-bond donors (Lipinski definition) is 0. The zero-order chi connectivity index (χ0) is 17.7. The molecule has 25 heavy (non-hydrogen) atoms. The van der Waals surface area contributed by atoms with Gasteiger partial charge in [-0.25, -0.2) is 0 Å². The van der Waals surface area contributed by atoms with Gasteiger partial charge in [-0.3, -0.25) is 24.1 Å². The van der Waals surface area contributed by atoms with Crippen LogP contribution in [0.4, 0.5) is 0 Å². The number of fused-ring (bicyclic) bond motifs is 2. The maximum Gasteiger partial charge on any atom is 0.261 e. The first-order valence-corrected chi connectivity index (χ1v) is 8.12. The number of carbonyl (C=O) groups excluding carboxylic acids is 4. The minimum absolute atomic E-state index is 0.205. The average Bonchev–Trinajstić information content (AvgIpc) is 2.99. The lowest BCUT2D eigenvalue weighted by Crippen LogP contribution is -2.24. The van der Waals surface area contributed by atoms with Crippen LogP contribution in [0.1, 0.15) is 53.4 Å². The van der Waals surface area contributed by atoms with E-state index in [-0.39, 0.29) is 33.8 Å². The van der Waals surface area contributed by atoms with E-state index >= 15 is 0 Å². The lowest BCUT2D eigenvalue weighted by Gasteiger charge is -2.06. The molecule has 5 heteroatoms. The van der Waals surface area contributed by atoms with E-state index in [4.69, 9.17) is 0 Å². The van der Waals surface area contributed by atoms with Crippen LogP contribution in [0.2, 0.25) is 0 Å². The fraction of sp³-hybridized carbons (Fsp3) is 0.200. The van der Waals surface area contributed by atoms with Crippen molar-refractivity contribution in [2.45, 2.75) is 12.8 Å². The molecule has 1 aliphatic carbocycles. The van der Waals surface area contributed by atoms with Crippen LogP contribution in [0.5, 0.6) is 0 Å². The van der Waals surface area contributed by atoms with Crippen LogP contribution < -0.4 is 0 Å². The lowest BCUT2D eigenvalue weighted by molar-refractivity contribution is 0.0692. The van der Waals surface area contributed by atoms with E-state index in [9.17, 15) is 19.2 Å². The van der Waals surface area contributed by atoms with Gasteiger partial charge in [0.15, 0.2) is 11.6 Å².